The van der Waals surface area contributed by atoms with Crippen LogP contribution in [0.3, 0.4) is 0 Å². The molecule has 2 aliphatic rings. The second-order valence-electron chi connectivity index (χ2n) is 32.8. The predicted octanol–water partition coefficient (Wildman–Crippen LogP) is -8.83. The normalized spacial score (nSPS) is 15.8. The molecule has 53 heteroatoms. The minimum absolute atomic E-state index is 0.0565. The minimum Gasteiger partial charge on any atom is -0.508 e. The number of hydrogen-bond donors (Lipinski definition) is 27. The Bertz CT molecular complexity index is 4680. The van der Waals surface area contributed by atoms with Crippen molar-refractivity contribution in [2.45, 2.75) is 235 Å². The molecule has 2 aliphatic heterocycles. The molecule has 2 aromatic carbocycles. The van der Waals surface area contributed by atoms with Gasteiger partial charge < -0.3 is 148 Å². The number of nitrogens with two attached hydrogens (primary N) is 3. The molecule has 2 heterocycles. The van der Waals surface area contributed by atoms with Crippen molar-refractivity contribution in [1.29, 1.82) is 5.41 Å². The highest BCUT2D eigenvalue weighted by Crippen LogP contribution is 2.24. The number of carboxylic acid groups (broad SMARTS) is 6. The number of phenolic OH excluding ortho intramolecular Hbond substituents is 1. The van der Waals surface area contributed by atoms with Gasteiger partial charge in [0, 0.05) is 58.2 Å². The molecule has 53 nitrogen and oxygen atoms in total. The number of carbonyl (C=O) groups excluding carboxylic acids is 18. The van der Waals surface area contributed by atoms with Gasteiger partial charge in [-0.05, 0) is 106 Å². The van der Waals surface area contributed by atoms with Gasteiger partial charge in [-0.1, -0.05) is 76.6 Å². The standard InChI is InChI=1S/C84H122N22O31/c1-5-43(4)70(82(135)106-31-11-16-58(106)80(133)100-50(23-27-67(118)119)73(126)97-49(22-26-66(116)117)74(127)101-53(34-45-17-19-46(107)20-18-45)77(130)103-56(83(136)137)32-42(2)3)104-75(128)51(24-28-68(120)121)98-72(125)48(21-25-65(114)115)99-76(129)52(33-44-12-7-6-8-13-44)102-78(131)55(36-69(122)123)96-64(113)41-93-71(124)54(35-59(86)108)95-63(112)40-92-61(110)38-90-60(109)37-91-62(111)39-94-79(132)57-15-10-30-105(57)81(134)47(85)14-9-29-89-84(87)88/h6-8,12-13,17-20,42-43,47-58,70,107H,5,9-11,14-16,21-41,85H2,1-4H3,(H2,86,108)(H,90,109)(H,91,111)(H,92,110)(H,93,124)(H,94,132)(H,95,112)(H,96,113)(H,97,126)(H,98,125)(H,99,129)(H,100,133)(H,101,127)(H,102,131)(H,103,130)(H,104,128)(H,114,115)(H,116,117)(H,118,119)(H,120,121)(H,122,123)(H,136,137)(H4,87,88,89)/t43-,47-,48-,49+,50+,51-,52-,53+,54-,55-,56+,57+,58-,70+/m1/s1. The summed E-state index contributed by atoms with van der Waals surface area (Å²) in [6.45, 7) is 2.60. The lowest BCUT2D eigenvalue weighted by molar-refractivity contribution is -0.144. The highest BCUT2D eigenvalue weighted by Gasteiger charge is 2.44. The van der Waals surface area contributed by atoms with E-state index in [4.69, 9.17) is 22.6 Å². The molecule has 0 saturated carbocycles. The third-order valence-electron chi connectivity index (χ3n) is 21.4. The third kappa shape index (κ3) is 42.3. The quantitative estimate of drug-likeness (QED) is 0.0166. The lowest BCUT2D eigenvalue weighted by atomic mass is 9.96. The van der Waals surface area contributed by atoms with E-state index < -0.39 is 330 Å². The van der Waals surface area contributed by atoms with Gasteiger partial charge in [0.2, 0.25) is 106 Å². The van der Waals surface area contributed by atoms with Crippen molar-refractivity contribution < 1.29 is 151 Å². The van der Waals surface area contributed by atoms with Gasteiger partial charge in [0.05, 0.1) is 51.6 Å². The zero-order valence-corrected chi connectivity index (χ0v) is 75.7. The maximum absolute atomic E-state index is 14.9. The first-order chi connectivity index (χ1) is 64.5. The van der Waals surface area contributed by atoms with E-state index in [9.17, 15) is 151 Å². The number of amides is 18. The highest BCUT2D eigenvalue weighted by atomic mass is 16.4. The molecule has 0 unspecified atom stereocenters. The maximum atomic E-state index is 14.9. The van der Waals surface area contributed by atoms with Crippen LogP contribution in [0, 0.1) is 17.2 Å². The van der Waals surface area contributed by atoms with Crippen LogP contribution < -0.4 is 102 Å². The molecule has 0 radical (unpaired) electrons. The van der Waals surface area contributed by atoms with E-state index in [1.54, 1.807) is 26.8 Å². The summed E-state index contributed by atoms with van der Waals surface area (Å²) < 4.78 is 0. The van der Waals surface area contributed by atoms with E-state index in [0.717, 1.165) is 4.90 Å². The summed E-state index contributed by atoms with van der Waals surface area (Å²) in [4.78, 5) is 321. The smallest absolute Gasteiger partial charge is 0.326 e. The summed E-state index contributed by atoms with van der Waals surface area (Å²) in [5.41, 5.74) is 17.2. The molecule has 4 rings (SSSR count). The van der Waals surface area contributed by atoms with Crippen LogP contribution in [-0.4, -0.2) is 325 Å². The van der Waals surface area contributed by atoms with Crippen molar-refractivity contribution in [2.24, 2.45) is 29.0 Å². The Balaban J connectivity index is 1.47. The van der Waals surface area contributed by atoms with E-state index in [-0.39, 0.29) is 81.2 Å². The molecule has 2 fully saturated rings. The second-order valence-corrected chi connectivity index (χ2v) is 32.8. The number of carboxylic acids is 6. The summed E-state index contributed by atoms with van der Waals surface area (Å²) in [6.07, 6.45) is -8.06. The summed E-state index contributed by atoms with van der Waals surface area (Å²) in [5, 5.41) is 113. The molecule has 0 aromatic heterocycles. The lowest BCUT2D eigenvalue weighted by Gasteiger charge is -2.33. The molecule has 2 saturated heterocycles. The largest absolute Gasteiger partial charge is 0.508 e. The van der Waals surface area contributed by atoms with Gasteiger partial charge in [-0.25, -0.2) is 4.79 Å². The number of aliphatic carboxylic acids is 6. The fourth-order valence-corrected chi connectivity index (χ4v) is 14.1. The number of hydrogen-bond acceptors (Lipinski definition) is 27. The van der Waals surface area contributed by atoms with Crippen molar-refractivity contribution in [2.75, 3.05) is 52.4 Å². The first kappa shape index (κ1) is 114. The number of guanidine groups is 1. The molecular formula is C84H122N22O31. The number of nitrogens with zero attached hydrogens (tertiary/aromatic N) is 2. The predicted molar refractivity (Wildman–Crippen MR) is 473 cm³/mol. The molecule has 0 bridgehead atoms. The van der Waals surface area contributed by atoms with Crippen molar-refractivity contribution in [1.82, 2.24) is 94.9 Å². The Hall–Kier alpha value is -15.2. The van der Waals surface area contributed by atoms with Crippen LogP contribution in [0.2, 0.25) is 0 Å². The fourth-order valence-electron chi connectivity index (χ4n) is 14.1. The van der Waals surface area contributed by atoms with E-state index >= 15 is 0 Å². The third-order valence-corrected chi connectivity index (χ3v) is 21.4. The monoisotopic (exact) mass is 1930 g/mol. The van der Waals surface area contributed by atoms with Gasteiger partial charge in [0.15, 0.2) is 5.96 Å². The summed E-state index contributed by atoms with van der Waals surface area (Å²) in [5.74, 6) is -30.5. The zero-order chi connectivity index (χ0) is 102. The summed E-state index contributed by atoms with van der Waals surface area (Å²) >= 11 is 0. The Labute approximate surface area is 783 Å². The van der Waals surface area contributed by atoms with Crippen molar-refractivity contribution in [3.63, 3.8) is 0 Å². The first-order valence-corrected chi connectivity index (χ1v) is 43.8. The van der Waals surface area contributed by atoms with E-state index in [2.05, 4.69) is 85.1 Å². The van der Waals surface area contributed by atoms with E-state index in [1.807, 2.05) is 0 Å². The van der Waals surface area contributed by atoms with E-state index in [1.165, 1.54) is 60.4 Å². The van der Waals surface area contributed by atoms with Crippen LogP contribution in [0.4, 0.5) is 0 Å². The molecule has 30 N–H and O–H groups in total. The van der Waals surface area contributed by atoms with Gasteiger partial charge in [0.25, 0.3) is 0 Å². The Kier molecular flexibility index (Phi) is 48.3. The maximum Gasteiger partial charge on any atom is 0.326 e. The molecule has 0 aliphatic carbocycles. The number of carbonyl (C=O) groups is 24. The lowest BCUT2D eigenvalue weighted by Crippen LogP contribution is -2.61. The van der Waals surface area contributed by atoms with Gasteiger partial charge in [-0.15, -0.1) is 0 Å². The van der Waals surface area contributed by atoms with Gasteiger partial charge in [-0.3, -0.25) is 116 Å². The Morgan fingerprint density at radius 3 is 1.20 bits per heavy atom. The molecule has 14 atom stereocenters. The number of primary amides is 1. The molecule has 137 heavy (non-hydrogen) atoms. The number of rotatable bonds is 61. The Morgan fingerprint density at radius 2 is 0.781 bits per heavy atom. The van der Waals surface area contributed by atoms with E-state index in [0.29, 0.717) is 24.9 Å². The first-order valence-electron chi connectivity index (χ1n) is 43.8. The van der Waals surface area contributed by atoms with Crippen molar-refractivity contribution in [3.8, 4) is 5.75 Å². The zero-order valence-electron chi connectivity index (χ0n) is 75.7. The number of likely N-dealkylation sites (tertiary alicyclic amines) is 2. The summed E-state index contributed by atoms with van der Waals surface area (Å²) in [6, 6.07) is -9.01. The van der Waals surface area contributed by atoms with Gasteiger partial charge >= 0.3 is 35.8 Å². The number of benzene rings is 2. The fraction of sp³-hybridized carbons (Fsp3) is 0.560. The second kappa shape index (κ2) is 58.0. The summed E-state index contributed by atoms with van der Waals surface area (Å²) in [7, 11) is 0. The van der Waals surface area contributed by atoms with Crippen LogP contribution in [0.25, 0.3) is 0 Å². The molecule has 754 valence electrons. The van der Waals surface area contributed by atoms with Crippen molar-refractivity contribution in [3.05, 3.63) is 65.7 Å². The number of aromatic hydroxyl groups is 1. The van der Waals surface area contributed by atoms with Crippen LogP contribution in [-0.2, 0) is 128 Å². The van der Waals surface area contributed by atoms with Crippen LogP contribution >= 0.6 is 0 Å². The van der Waals surface area contributed by atoms with Gasteiger partial charge in [0.1, 0.15) is 78.3 Å². The minimum atomic E-state index is -2.13. The van der Waals surface area contributed by atoms with Crippen LogP contribution in [0.1, 0.15) is 154 Å². The topological polar surface area (TPSA) is 852 Å². The number of nitrogens with one attached hydrogen (secondary N) is 17. The molecule has 0 spiro atoms. The highest BCUT2D eigenvalue weighted by molar-refractivity contribution is 6.02. The average molecular weight is 1940 g/mol. The number of phenols is 1. The molecular weight excluding hydrogens is 1810 g/mol. The van der Waals surface area contributed by atoms with Crippen LogP contribution in [0.5, 0.6) is 5.75 Å². The van der Waals surface area contributed by atoms with Crippen molar-refractivity contribution >= 4 is 148 Å². The SMILES string of the molecule is CC[C@@H](C)[C@H](NC(=O)[C@@H](CCC(=O)O)NC(=O)[C@@H](CCC(=O)O)NC(=O)[C@@H](Cc1ccccc1)NC(=O)[C@@H](CC(=O)O)NC(=O)CNC(=O)[C@@H](CC(N)=O)NC(=O)CNC(=O)CNC(=O)CNC(=O)CNC(=O)[C@@H]1CCCN1C(=O)[C@H](N)CCCNC(=N)N)C(=O)N1CCC[C@@H]1C(=O)N[C@@H](CCC(=O)O)C(=O)N[C@@H](CCC(=O)O)C(=O)N[C@@H](Cc1ccc(O)cc1)C(=O)N[C@@H](CC(C)C)C(=O)O. The van der Waals surface area contributed by atoms with Crippen LogP contribution in [0.15, 0.2) is 54.6 Å². The Morgan fingerprint density at radius 1 is 0.401 bits per heavy atom. The average Bonchev–Trinajstić information content (AvgIpc) is 1.71. The van der Waals surface area contributed by atoms with Gasteiger partial charge in [-0.2, -0.15) is 0 Å². The molecule has 18 amide bonds. The molecule has 2 aromatic rings.